The lowest BCUT2D eigenvalue weighted by Gasteiger charge is -2.07. The van der Waals surface area contributed by atoms with E-state index in [0.29, 0.717) is 12.7 Å². The first-order valence-corrected chi connectivity index (χ1v) is 6.40. The van der Waals surface area contributed by atoms with Crippen molar-refractivity contribution in [1.29, 1.82) is 0 Å². The maximum absolute atomic E-state index is 13.4. The number of hydrogen-bond donors (Lipinski definition) is 1. The number of carbonyl (C=O) groups excluding carboxylic acids is 1. The molecule has 5 heteroatoms. The largest absolute Gasteiger partial charge is 0.380 e. The van der Waals surface area contributed by atoms with Gasteiger partial charge >= 0.3 is 0 Å². The number of halogens is 2. The highest BCUT2D eigenvalue weighted by atomic mass is 19.1. The third-order valence-corrected chi connectivity index (χ3v) is 2.96. The molecule has 0 saturated heterocycles. The zero-order valence-corrected chi connectivity index (χ0v) is 11.5. The van der Waals surface area contributed by atoms with Crippen LogP contribution in [0, 0.1) is 11.6 Å². The van der Waals surface area contributed by atoms with Gasteiger partial charge in [0.2, 0.25) is 0 Å². The molecule has 1 amide bonds. The fourth-order valence-corrected chi connectivity index (χ4v) is 1.87. The van der Waals surface area contributed by atoms with Crippen LogP contribution in [-0.2, 0) is 17.9 Å². The third-order valence-electron chi connectivity index (χ3n) is 2.96. The van der Waals surface area contributed by atoms with E-state index in [-0.39, 0.29) is 12.1 Å². The monoisotopic (exact) mass is 291 g/mol. The van der Waals surface area contributed by atoms with E-state index in [2.05, 4.69) is 5.32 Å². The van der Waals surface area contributed by atoms with Crippen LogP contribution < -0.4 is 5.32 Å². The lowest BCUT2D eigenvalue weighted by molar-refractivity contribution is 0.0947. The van der Waals surface area contributed by atoms with Gasteiger partial charge in [-0.05, 0) is 23.3 Å². The second-order valence-corrected chi connectivity index (χ2v) is 4.56. The van der Waals surface area contributed by atoms with Crippen molar-refractivity contribution in [3.05, 3.63) is 70.8 Å². The van der Waals surface area contributed by atoms with Gasteiger partial charge in [-0.2, -0.15) is 0 Å². The summed E-state index contributed by atoms with van der Waals surface area (Å²) in [4.78, 5) is 11.8. The van der Waals surface area contributed by atoms with Crippen molar-refractivity contribution in [3.8, 4) is 0 Å². The number of methoxy groups -OCH3 is 1. The van der Waals surface area contributed by atoms with Crippen LogP contribution in [0.5, 0.6) is 0 Å². The minimum absolute atomic E-state index is 0.174. The zero-order chi connectivity index (χ0) is 15.2. The minimum Gasteiger partial charge on any atom is -0.380 e. The Morgan fingerprint density at radius 1 is 1.10 bits per heavy atom. The molecular formula is C16H15F2NO2. The Hall–Kier alpha value is -2.27. The summed E-state index contributed by atoms with van der Waals surface area (Å²) in [6, 6.07) is 10.4. The molecule has 1 N–H and O–H groups in total. The zero-order valence-electron chi connectivity index (χ0n) is 11.5. The molecule has 3 nitrogen and oxygen atoms in total. The second kappa shape index (κ2) is 6.95. The molecule has 2 aromatic carbocycles. The Morgan fingerprint density at radius 3 is 2.38 bits per heavy atom. The topological polar surface area (TPSA) is 38.3 Å². The van der Waals surface area contributed by atoms with E-state index in [9.17, 15) is 13.6 Å². The molecule has 0 bridgehead atoms. The van der Waals surface area contributed by atoms with Gasteiger partial charge in [0.25, 0.3) is 5.91 Å². The van der Waals surface area contributed by atoms with Crippen molar-refractivity contribution in [2.45, 2.75) is 13.2 Å². The van der Waals surface area contributed by atoms with Crippen LogP contribution in [0.1, 0.15) is 21.5 Å². The molecule has 0 unspecified atom stereocenters. The van der Waals surface area contributed by atoms with Crippen molar-refractivity contribution < 1.29 is 18.3 Å². The van der Waals surface area contributed by atoms with E-state index in [1.807, 2.05) is 24.3 Å². The van der Waals surface area contributed by atoms with Gasteiger partial charge in [0.1, 0.15) is 11.6 Å². The number of nitrogens with one attached hydrogen (secondary N) is 1. The molecule has 0 radical (unpaired) electrons. The van der Waals surface area contributed by atoms with Crippen molar-refractivity contribution in [1.82, 2.24) is 5.32 Å². The van der Waals surface area contributed by atoms with Gasteiger partial charge in [0.05, 0.1) is 12.2 Å². The van der Waals surface area contributed by atoms with Crippen molar-refractivity contribution in [2.24, 2.45) is 0 Å². The van der Waals surface area contributed by atoms with Crippen molar-refractivity contribution in [2.75, 3.05) is 7.11 Å². The Morgan fingerprint density at radius 2 is 1.76 bits per heavy atom. The minimum atomic E-state index is -0.872. The van der Waals surface area contributed by atoms with E-state index in [0.717, 1.165) is 23.3 Å². The highest BCUT2D eigenvalue weighted by Gasteiger charge is 2.11. The highest BCUT2D eigenvalue weighted by molar-refractivity contribution is 5.94. The molecule has 2 rings (SSSR count). The van der Waals surface area contributed by atoms with Crippen molar-refractivity contribution in [3.63, 3.8) is 0 Å². The van der Waals surface area contributed by atoms with Crippen LogP contribution in [0.4, 0.5) is 8.78 Å². The number of carbonyl (C=O) groups is 1. The van der Waals surface area contributed by atoms with Crippen LogP contribution in [-0.4, -0.2) is 13.0 Å². The average molecular weight is 291 g/mol. The molecule has 0 aliphatic carbocycles. The standard InChI is InChI=1S/C16H15F2NO2/c1-21-10-12-4-2-11(3-5-12)9-19-16(20)14-7-6-13(17)8-15(14)18/h2-8H,9-10H2,1H3,(H,19,20). The molecule has 0 aliphatic rings. The number of ether oxygens (including phenoxy) is 1. The molecule has 0 aliphatic heterocycles. The van der Waals surface area contributed by atoms with Gasteiger partial charge < -0.3 is 10.1 Å². The summed E-state index contributed by atoms with van der Waals surface area (Å²) in [5.74, 6) is -2.16. The normalized spacial score (nSPS) is 10.4. The van der Waals surface area contributed by atoms with Gasteiger partial charge in [-0.15, -0.1) is 0 Å². The van der Waals surface area contributed by atoms with Gasteiger partial charge in [-0.3, -0.25) is 4.79 Å². The highest BCUT2D eigenvalue weighted by Crippen LogP contribution is 2.10. The number of benzene rings is 2. The molecule has 0 fully saturated rings. The van der Waals surface area contributed by atoms with Gasteiger partial charge in [0, 0.05) is 19.7 Å². The molecule has 0 atom stereocenters. The Labute approximate surface area is 121 Å². The fraction of sp³-hybridized carbons (Fsp3) is 0.188. The van der Waals surface area contributed by atoms with Crippen LogP contribution in [0.15, 0.2) is 42.5 Å². The molecular weight excluding hydrogens is 276 g/mol. The summed E-state index contributed by atoms with van der Waals surface area (Å²) in [6.45, 7) is 0.788. The van der Waals surface area contributed by atoms with Gasteiger partial charge in [0.15, 0.2) is 0 Å². The number of rotatable bonds is 5. The first-order valence-electron chi connectivity index (χ1n) is 6.40. The molecule has 0 saturated carbocycles. The Kier molecular flexibility index (Phi) is 5.00. The predicted octanol–water partition coefficient (Wildman–Crippen LogP) is 3.04. The van der Waals surface area contributed by atoms with E-state index in [4.69, 9.17) is 4.74 Å². The van der Waals surface area contributed by atoms with Crippen LogP contribution >= 0.6 is 0 Å². The predicted molar refractivity (Wildman–Crippen MR) is 74.7 cm³/mol. The number of amides is 1. The van der Waals surface area contributed by atoms with Crippen LogP contribution in [0.2, 0.25) is 0 Å². The fourth-order valence-electron chi connectivity index (χ4n) is 1.87. The van der Waals surface area contributed by atoms with Crippen molar-refractivity contribution >= 4 is 5.91 Å². The van der Waals surface area contributed by atoms with E-state index in [1.165, 1.54) is 0 Å². The summed E-state index contributed by atoms with van der Waals surface area (Å²) < 4.78 is 31.2. The van der Waals surface area contributed by atoms with E-state index >= 15 is 0 Å². The number of hydrogen-bond acceptors (Lipinski definition) is 2. The van der Waals surface area contributed by atoms with Gasteiger partial charge in [-0.25, -0.2) is 8.78 Å². The maximum Gasteiger partial charge on any atom is 0.254 e. The second-order valence-electron chi connectivity index (χ2n) is 4.56. The van der Waals surface area contributed by atoms with E-state index < -0.39 is 17.5 Å². The van der Waals surface area contributed by atoms with Gasteiger partial charge in [-0.1, -0.05) is 24.3 Å². The summed E-state index contributed by atoms with van der Waals surface area (Å²) >= 11 is 0. The Bertz CT molecular complexity index is 627. The Balaban J connectivity index is 1.97. The SMILES string of the molecule is COCc1ccc(CNC(=O)c2ccc(F)cc2F)cc1. The molecule has 2 aromatic rings. The van der Waals surface area contributed by atoms with E-state index in [1.54, 1.807) is 7.11 Å². The first-order chi connectivity index (χ1) is 10.1. The molecule has 0 spiro atoms. The molecule has 0 aromatic heterocycles. The summed E-state index contributed by atoms with van der Waals surface area (Å²) in [7, 11) is 1.62. The lowest BCUT2D eigenvalue weighted by atomic mass is 10.1. The molecule has 110 valence electrons. The summed E-state index contributed by atoms with van der Waals surface area (Å²) in [6.07, 6.45) is 0. The van der Waals surface area contributed by atoms with Crippen LogP contribution in [0.3, 0.4) is 0 Å². The molecule has 0 heterocycles. The summed E-state index contributed by atoms with van der Waals surface area (Å²) in [5.41, 5.74) is 1.73. The first kappa shape index (κ1) is 15.1. The average Bonchev–Trinajstić information content (AvgIpc) is 2.46. The molecule has 21 heavy (non-hydrogen) atoms. The van der Waals surface area contributed by atoms with Crippen LogP contribution in [0.25, 0.3) is 0 Å². The summed E-state index contributed by atoms with van der Waals surface area (Å²) in [5, 5.41) is 2.59. The third kappa shape index (κ3) is 4.10. The smallest absolute Gasteiger partial charge is 0.254 e. The quantitative estimate of drug-likeness (QED) is 0.919. The lowest BCUT2D eigenvalue weighted by Crippen LogP contribution is -2.23. The maximum atomic E-state index is 13.4.